The van der Waals surface area contributed by atoms with Crippen LogP contribution in [0.4, 0.5) is 4.79 Å². The molecule has 0 N–H and O–H groups in total. The highest BCUT2D eigenvalue weighted by Gasteiger charge is 2.10. The molecular formula is C19H14O6S. The zero-order chi connectivity index (χ0) is 18.5. The van der Waals surface area contributed by atoms with Gasteiger partial charge in [0.25, 0.3) is 0 Å². The highest BCUT2D eigenvalue weighted by Crippen LogP contribution is 2.27. The van der Waals surface area contributed by atoms with Gasteiger partial charge in [-0.05, 0) is 30.3 Å². The van der Waals surface area contributed by atoms with E-state index >= 15 is 0 Å². The number of carbonyl (C=O) groups is 2. The van der Waals surface area contributed by atoms with Crippen molar-refractivity contribution in [2.75, 3.05) is 13.2 Å². The van der Waals surface area contributed by atoms with E-state index in [1.54, 1.807) is 24.3 Å². The number of rotatable bonds is 5. The molecule has 0 aliphatic carbocycles. The van der Waals surface area contributed by atoms with Crippen LogP contribution in [0.3, 0.4) is 0 Å². The van der Waals surface area contributed by atoms with Crippen LogP contribution in [-0.2, 0) is 14.3 Å². The molecule has 26 heavy (non-hydrogen) atoms. The summed E-state index contributed by atoms with van der Waals surface area (Å²) in [5, 5.41) is 1.09. The van der Waals surface area contributed by atoms with Gasteiger partial charge in [0, 0.05) is 26.2 Å². The van der Waals surface area contributed by atoms with Crippen molar-refractivity contribution >= 4 is 43.6 Å². The van der Waals surface area contributed by atoms with Crippen LogP contribution in [-0.4, -0.2) is 25.3 Å². The Labute approximate surface area is 152 Å². The maximum Gasteiger partial charge on any atom is 0.513 e. The average molecular weight is 370 g/mol. The highest BCUT2D eigenvalue weighted by molar-refractivity contribution is 7.24. The summed E-state index contributed by atoms with van der Waals surface area (Å²) in [4.78, 5) is 35.1. The number of benzene rings is 2. The van der Waals surface area contributed by atoms with Gasteiger partial charge < -0.3 is 14.2 Å². The topological polar surface area (TPSA) is 78.9 Å². The molecular weight excluding hydrogens is 356 g/mol. The molecule has 0 aliphatic heterocycles. The number of fused-ring (bicyclic) bond motifs is 2. The first-order valence-electron chi connectivity index (χ1n) is 7.68. The fraction of sp³-hybridized carbons (Fsp3) is 0.105. The normalized spacial score (nSPS) is 10.5. The van der Waals surface area contributed by atoms with Crippen LogP contribution in [0.15, 0.2) is 59.9 Å². The Kier molecular flexibility index (Phi) is 5.28. The van der Waals surface area contributed by atoms with Gasteiger partial charge in [-0.25, -0.2) is 9.59 Å². The molecule has 2 aromatic carbocycles. The van der Waals surface area contributed by atoms with Gasteiger partial charge >= 0.3 is 12.1 Å². The van der Waals surface area contributed by atoms with E-state index in [-0.39, 0.29) is 24.4 Å². The Bertz CT molecular complexity index is 1050. The van der Waals surface area contributed by atoms with Crippen molar-refractivity contribution in [1.29, 1.82) is 0 Å². The molecule has 0 saturated carbocycles. The predicted octanol–water partition coefficient (Wildman–Crippen LogP) is 3.66. The molecule has 0 amide bonds. The third-order valence-electron chi connectivity index (χ3n) is 3.46. The van der Waals surface area contributed by atoms with Crippen molar-refractivity contribution in [2.24, 2.45) is 0 Å². The van der Waals surface area contributed by atoms with E-state index in [0.29, 0.717) is 10.8 Å². The molecule has 7 heteroatoms. The summed E-state index contributed by atoms with van der Waals surface area (Å²) >= 11 is 1.49. The molecule has 0 aliphatic rings. The smallest absolute Gasteiger partial charge is 0.459 e. The van der Waals surface area contributed by atoms with Gasteiger partial charge in [0.05, 0.1) is 0 Å². The van der Waals surface area contributed by atoms with E-state index in [2.05, 4.69) is 11.3 Å². The van der Waals surface area contributed by atoms with Crippen molar-refractivity contribution in [3.05, 3.63) is 65.3 Å². The lowest BCUT2D eigenvalue weighted by Gasteiger charge is -2.07. The van der Waals surface area contributed by atoms with Crippen LogP contribution in [0.25, 0.3) is 20.2 Å². The third-order valence-corrected chi connectivity index (χ3v) is 4.61. The molecule has 0 spiro atoms. The van der Waals surface area contributed by atoms with Crippen LogP contribution >= 0.6 is 11.3 Å². The zero-order valence-electron chi connectivity index (χ0n) is 13.6. The zero-order valence-corrected chi connectivity index (χ0v) is 14.4. The van der Waals surface area contributed by atoms with Crippen molar-refractivity contribution < 1.29 is 23.8 Å². The largest absolute Gasteiger partial charge is 0.513 e. The SMILES string of the molecule is C=CC(=O)OCCOC(=O)Oc1ccc2sc3ccccc3c(=O)c2c1. The highest BCUT2D eigenvalue weighted by atomic mass is 32.1. The van der Waals surface area contributed by atoms with Gasteiger partial charge in [0.2, 0.25) is 0 Å². The Morgan fingerprint density at radius 1 is 1.00 bits per heavy atom. The molecule has 3 rings (SSSR count). The monoisotopic (exact) mass is 370 g/mol. The summed E-state index contributed by atoms with van der Waals surface area (Å²) in [6.07, 6.45) is 0.0643. The second kappa shape index (κ2) is 7.79. The Balaban J connectivity index is 1.72. The average Bonchev–Trinajstić information content (AvgIpc) is 2.66. The minimum Gasteiger partial charge on any atom is -0.459 e. The van der Waals surface area contributed by atoms with E-state index in [9.17, 15) is 14.4 Å². The first-order valence-corrected chi connectivity index (χ1v) is 8.49. The Hall–Kier alpha value is -3.19. The van der Waals surface area contributed by atoms with Gasteiger partial charge in [-0.15, -0.1) is 11.3 Å². The maximum atomic E-state index is 12.6. The Morgan fingerprint density at radius 2 is 1.73 bits per heavy atom. The van der Waals surface area contributed by atoms with Gasteiger partial charge in [0.15, 0.2) is 5.43 Å². The second-order valence-electron chi connectivity index (χ2n) is 5.16. The summed E-state index contributed by atoms with van der Waals surface area (Å²) in [6, 6.07) is 12.2. The maximum absolute atomic E-state index is 12.6. The van der Waals surface area contributed by atoms with Gasteiger partial charge in [-0.3, -0.25) is 4.79 Å². The standard InChI is InChI=1S/C19H14O6S/c1-2-17(20)23-9-10-24-19(22)25-12-7-8-16-14(11-12)18(21)13-5-3-4-6-15(13)26-16/h2-8,11H,1,9-10H2. The molecule has 0 atom stereocenters. The van der Waals surface area contributed by atoms with Crippen LogP contribution in [0.5, 0.6) is 5.75 Å². The lowest BCUT2D eigenvalue weighted by Crippen LogP contribution is -2.15. The van der Waals surface area contributed by atoms with Crippen LogP contribution in [0, 0.1) is 0 Å². The van der Waals surface area contributed by atoms with Gasteiger partial charge in [-0.2, -0.15) is 0 Å². The number of ether oxygens (including phenoxy) is 3. The van der Waals surface area contributed by atoms with Crippen molar-refractivity contribution in [1.82, 2.24) is 0 Å². The third kappa shape index (κ3) is 3.89. The minimum absolute atomic E-state index is 0.101. The number of carbonyl (C=O) groups excluding carboxylic acids is 2. The van der Waals surface area contributed by atoms with Crippen LogP contribution < -0.4 is 10.2 Å². The van der Waals surface area contributed by atoms with E-state index < -0.39 is 12.1 Å². The van der Waals surface area contributed by atoms with Crippen LogP contribution in [0.1, 0.15) is 0 Å². The molecule has 0 bridgehead atoms. The summed E-state index contributed by atoms with van der Waals surface area (Å²) in [7, 11) is 0. The number of hydrogen-bond donors (Lipinski definition) is 0. The Morgan fingerprint density at radius 3 is 2.54 bits per heavy atom. The first kappa shape index (κ1) is 17.6. The minimum atomic E-state index is -0.948. The van der Waals surface area contributed by atoms with Gasteiger partial charge in [0.1, 0.15) is 19.0 Å². The summed E-state index contributed by atoms with van der Waals surface area (Å²) in [5.74, 6) is -0.405. The molecule has 0 saturated heterocycles. The van der Waals surface area contributed by atoms with E-state index in [1.807, 2.05) is 12.1 Å². The lowest BCUT2D eigenvalue weighted by molar-refractivity contribution is -0.138. The second-order valence-corrected chi connectivity index (χ2v) is 6.24. The van der Waals surface area contributed by atoms with Crippen LogP contribution in [0.2, 0.25) is 0 Å². The fourth-order valence-electron chi connectivity index (χ4n) is 2.30. The van der Waals surface area contributed by atoms with Crippen molar-refractivity contribution in [3.63, 3.8) is 0 Å². The molecule has 0 radical (unpaired) electrons. The molecule has 0 fully saturated rings. The lowest BCUT2D eigenvalue weighted by atomic mass is 10.2. The molecule has 0 unspecified atom stereocenters. The summed E-state index contributed by atoms with van der Waals surface area (Å²) in [6.45, 7) is 3.00. The predicted molar refractivity (Wildman–Crippen MR) is 98.7 cm³/mol. The molecule has 132 valence electrons. The van der Waals surface area contributed by atoms with E-state index in [4.69, 9.17) is 9.47 Å². The summed E-state index contributed by atoms with van der Waals surface area (Å²) in [5.41, 5.74) is -0.121. The number of hydrogen-bond acceptors (Lipinski definition) is 7. The van der Waals surface area contributed by atoms with Crippen molar-refractivity contribution in [2.45, 2.75) is 0 Å². The molecule has 3 aromatic rings. The van der Waals surface area contributed by atoms with Crippen molar-refractivity contribution in [3.8, 4) is 5.75 Å². The van der Waals surface area contributed by atoms with E-state index in [0.717, 1.165) is 15.5 Å². The molecule has 1 aromatic heterocycles. The molecule has 1 heterocycles. The molecule has 6 nitrogen and oxygen atoms in total. The fourth-order valence-corrected chi connectivity index (χ4v) is 3.35. The van der Waals surface area contributed by atoms with Gasteiger partial charge in [-0.1, -0.05) is 18.7 Å². The summed E-state index contributed by atoms with van der Waals surface area (Å²) < 4.78 is 16.2. The quantitative estimate of drug-likeness (QED) is 0.224. The number of esters is 1. The van der Waals surface area contributed by atoms with E-state index in [1.165, 1.54) is 17.4 Å². The first-order chi connectivity index (χ1) is 12.6.